The average molecular weight is 479 g/mol. The molecule has 1 aliphatic heterocycles. The minimum Gasteiger partial charge on any atom is -0.452 e. The predicted molar refractivity (Wildman–Crippen MR) is 131 cm³/mol. The van der Waals surface area contributed by atoms with E-state index in [2.05, 4.69) is 4.72 Å². The molecule has 1 heterocycles. The van der Waals surface area contributed by atoms with E-state index in [1.165, 1.54) is 0 Å². The molecule has 176 valence electrons. The van der Waals surface area contributed by atoms with Gasteiger partial charge in [0.05, 0.1) is 23.2 Å². The Morgan fingerprint density at radius 2 is 1.44 bits per heavy atom. The van der Waals surface area contributed by atoms with E-state index in [1.54, 1.807) is 29.2 Å². The Bertz CT molecular complexity index is 1260. The number of carbonyl (C=O) groups excluding carboxylic acids is 2. The number of esters is 1. The number of rotatable bonds is 7. The highest BCUT2D eigenvalue weighted by molar-refractivity contribution is 7.88. The first-order chi connectivity index (χ1) is 16.3. The molecule has 0 aliphatic carbocycles. The Kier molecular flexibility index (Phi) is 7.09. The van der Waals surface area contributed by atoms with Gasteiger partial charge < -0.3 is 4.74 Å². The van der Waals surface area contributed by atoms with Crippen LogP contribution in [-0.4, -0.2) is 39.7 Å². The van der Waals surface area contributed by atoms with Crippen molar-refractivity contribution in [1.29, 1.82) is 0 Å². The van der Waals surface area contributed by atoms with Gasteiger partial charge in [-0.15, -0.1) is 0 Å². The van der Waals surface area contributed by atoms with Crippen LogP contribution in [0.1, 0.15) is 27.0 Å². The van der Waals surface area contributed by atoms with Crippen molar-refractivity contribution in [2.24, 2.45) is 0 Å². The predicted octanol–water partition coefficient (Wildman–Crippen LogP) is 3.40. The minimum absolute atomic E-state index is 0.274. The Morgan fingerprint density at radius 3 is 2.00 bits per heavy atom. The van der Waals surface area contributed by atoms with Crippen LogP contribution in [-0.2, 0) is 38.8 Å². The number of para-hydroxylation sites is 2. The molecule has 1 amide bonds. The minimum atomic E-state index is -3.24. The maximum absolute atomic E-state index is 13.3. The highest BCUT2D eigenvalue weighted by Crippen LogP contribution is 2.36. The van der Waals surface area contributed by atoms with Crippen molar-refractivity contribution in [3.8, 4) is 0 Å². The summed E-state index contributed by atoms with van der Waals surface area (Å²) in [5, 5.41) is 0. The normalized spacial score (nSPS) is 12.9. The third-order valence-corrected chi connectivity index (χ3v) is 6.40. The highest BCUT2D eigenvalue weighted by atomic mass is 32.2. The van der Waals surface area contributed by atoms with Gasteiger partial charge in [0.15, 0.2) is 6.61 Å². The molecule has 8 heteroatoms. The lowest BCUT2D eigenvalue weighted by molar-refractivity contribution is -0.120. The van der Waals surface area contributed by atoms with E-state index in [0.717, 1.165) is 47.2 Å². The van der Waals surface area contributed by atoms with Crippen LogP contribution >= 0.6 is 0 Å². The van der Waals surface area contributed by atoms with Crippen molar-refractivity contribution in [3.63, 3.8) is 0 Å². The van der Waals surface area contributed by atoms with Gasteiger partial charge in [0.2, 0.25) is 10.0 Å². The molecular formula is C26H26N2O5S. The molecule has 3 aromatic carbocycles. The summed E-state index contributed by atoms with van der Waals surface area (Å²) in [5.41, 5.74) is 4.95. The van der Waals surface area contributed by atoms with Gasteiger partial charge in [-0.1, -0.05) is 48.5 Å². The molecule has 0 spiro atoms. The summed E-state index contributed by atoms with van der Waals surface area (Å²) >= 11 is 0. The Labute approximate surface area is 199 Å². The SMILES string of the molecule is CS(=O)(=O)NCCc1ccc(C(=O)OCC(=O)N2c3ccccc3CCc3ccccc32)cc1. The van der Waals surface area contributed by atoms with E-state index in [9.17, 15) is 18.0 Å². The summed E-state index contributed by atoms with van der Waals surface area (Å²) in [5.74, 6) is -0.913. The topological polar surface area (TPSA) is 92.8 Å². The van der Waals surface area contributed by atoms with Gasteiger partial charge in [-0.2, -0.15) is 0 Å². The summed E-state index contributed by atoms with van der Waals surface area (Å²) in [6.45, 7) is -0.114. The lowest BCUT2D eigenvalue weighted by Crippen LogP contribution is -2.31. The standard InChI is InChI=1S/C26H26N2O5S/c1-34(31,32)27-17-16-19-10-12-22(13-11-19)26(30)33-18-25(29)28-23-8-4-2-6-20(23)14-15-21-7-3-5-9-24(21)28/h2-13,27H,14-18H2,1H3. The van der Waals surface area contributed by atoms with Gasteiger partial charge in [0.25, 0.3) is 5.91 Å². The third kappa shape index (κ3) is 5.70. The number of fused-ring (bicyclic) bond motifs is 2. The van der Waals surface area contributed by atoms with E-state index in [4.69, 9.17) is 4.74 Å². The molecule has 1 N–H and O–H groups in total. The summed E-state index contributed by atoms with van der Waals surface area (Å²) in [6.07, 6.45) is 3.25. The monoisotopic (exact) mass is 478 g/mol. The van der Waals surface area contributed by atoms with Gasteiger partial charge in [0.1, 0.15) is 0 Å². The van der Waals surface area contributed by atoms with Crippen LogP contribution in [0.3, 0.4) is 0 Å². The quantitative estimate of drug-likeness (QED) is 0.526. The maximum atomic E-state index is 13.3. The fourth-order valence-corrected chi connectivity index (χ4v) is 4.48. The number of anilines is 2. The van der Waals surface area contributed by atoms with Crippen LogP contribution in [0.4, 0.5) is 11.4 Å². The number of benzene rings is 3. The number of nitrogens with one attached hydrogen (secondary N) is 1. The number of carbonyl (C=O) groups is 2. The Balaban J connectivity index is 1.43. The third-order valence-electron chi connectivity index (χ3n) is 5.67. The van der Waals surface area contributed by atoms with Crippen LogP contribution in [0.2, 0.25) is 0 Å². The summed E-state index contributed by atoms with van der Waals surface area (Å²) in [6, 6.07) is 22.3. The number of ether oxygens (including phenoxy) is 1. The lowest BCUT2D eigenvalue weighted by atomic mass is 10.0. The molecule has 0 fully saturated rings. The summed E-state index contributed by atoms with van der Waals surface area (Å²) in [7, 11) is -3.24. The molecule has 34 heavy (non-hydrogen) atoms. The number of amides is 1. The molecule has 7 nitrogen and oxygen atoms in total. The molecule has 0 unspecified atom stereocenters. The van der Waals surface area contributed by atoms with E-state index in [1.807, 2.05) is 48.5 Å². The van der Waals surface area contributed by atoms with Gasteiger partial charge in [0, 0.05) is 6.54 Å². The first kappa shape index (κ1) is 23.7. The Hall–Kier alpha value is -3.49. The first-order valence-corrected chi connectivity index (χ1v) is 12.9. The summed E-state index contributed by atoms with van der Waals surface area (Å²) in [4.78, 5) is 27.5. The zero-order chi connectivity index (χ0) is 24.1. The molecule has 1 aliphatic rings. The van der Waals surface area contributed by atoms with Crippen LogP contribution in [0.25, 0.3) is 0 Å². The van der Waals surface area contributed by atoms with Crippen molar-refractivity contribution >= 4 is 33.3 Å². The molecular weight excluding hydrogens is 452 g/mol. The van der Waals surface area contributed by atoms with E-state index in [0.29, 0.717) is 12.0 Å². The fraction of sp³-hybridized carbons (Fsp3) is 0.231. The fourth-order valence-electron chi connectivity index (χ4n) is 4.01. The zero-order valence-corrected chi connectivity index (χ0v) is 19.7. The van der Waals surface area contributed by atoms with Crippen molar-refractivity contribution in [2.45, 2.75) is 19.3 Å². The number of aryl methyl sites for hydroxylation is 2. The molecule has 4 rings (SSSR count). The van der Waals surface area contributed by atoms with Crippen LogP contribution in [0, 0.1) is 0 Å². The van der Waals surface area contributed by atoms with E-state index in [-0.39, 0.29) is 19.1 Å². The lowest BCUT2D eigenvalue weighted by Gasteiger charge is -2.24. The molecule has 0 bridgehead atoms. The van der Waals surface area contributed by atoms with Crippen molar-refractivity contribution in [2.75, 3.05) is 24.3 Å². The molecule has 0 saturated carbocycles. The van der Waals surface area contributed by atoms with Crippen LogP contribution in [0.15, 0.2) is 72.8 Å². The smallest absolute Gasteiger partial charge is 0.338 e. The summed E-state index contributed by atoms with van der Waals surface area (Å²) < 4.78 is 30.1. The number of hydrogen-bond donors (Lipinski definition) is 1. The number of sulfonamides is 1. The molecule has 3 aromatic rings. The molecule has 0 saturated heterocycles. The number of hydrogen-bond acceptors (Lipinski definition) is 5. The second-order valence-corrected chi connectivity index (χ2v) is 10.0. The number of nitrogens with zero attached hydrogens (tertiary/aromatic N) is 1. The largest absolute Gasteiger partial charge is 0.452 e. The van der Waals surface area contributed by atoms with Crippen LogP contribution < -0.4 is 9.62 Å². The molecule has 0 radical (unpaired) electrons. The average Bonchev–Trinajstić information content (AvgIpc) is 2.99. The van der Waals surface area contributed by atoms with Gasteiger partial charge in [-0.3, -0.25) is 9.69 Å². The van der Waals surface area contributed by atoms with Crippen molar-refractivity contribution in [1.82, 2.24) is 4.72 Å². The van der Waals surface area contributed by atoms with Gasteiger partial charge in [-0.25, -0.2) is 17.9 Å². The second-order valence-electron chi connectivity index (χ2n) is 8.18. The van der Waals surface area contributed by atoms with Crippen LogP contribution in [0.5, 0.6) is 0 Å². The van der Waals surface area contributed by atoms with Crippen molar-refractivity contribution < 1.29 is 22.7 Å². The zero-order valence-electron chi connectivity index (χ0n) is 18.9. The first-order valence-electron chi connectivity index (χ1n) is 11.0. The maximum Gasteiger partial charge on any atom is 0.338 e. The van der Waals surface area contributed by atoms with Crippen molar-refractivity contribution in [3.05, 3.63) is 95.1 Å². The van der Waals surface area contributed by atoms with Gasteiger partial charge in [-0.05, 0) is 60.2 Å². The van der Waals surface area contributed by atoms with E-state index >= 15 is 0 Å². The molecule has 0 atom stereocenters. The second kappa shape index (κ2) is 10.2. The van der Waals surface area contributed by atoms with Gasteiger partial charge >= 0.3 is 5.97 Å². The Morgan fingerprint density at radius 1 is 0.882 bits per heavy atom. The highest BCUT2D eigenvalue weighted by Gasteiger charge is 2.26. The van der Waals surface area contributed by atoms with E-state index < -0.39 is 16.0 Å². The molecule has 0 aromatic heterocycles.